The van der Waals surface area contributed by atoms with Gasteiger partial charge in [-0.2, -0.15) is 13.2 Å². The number of aryl methyl sites for hydroxylation is 1. The first kappa shape index (κ1) is 25.0. The Morgan fingerprint density at radius 3 is 2.44 bits per heavy atom. The van der Waals surface area contributed by atoms with Crippen LogP contribution in [0.25, 0.3) is 11.1 Å². The summed E-state index contributed by atoms with van der Waals surface area (Å²) in [4.78, 5) is 14.7. The van der Waals surface area contributed by atoms with Crippen molar-refractivity contribution < 1.29 is 27.1 Å². The van der Waals surface area contributed by atoms with E-state index in [2.05, 4.69) is 6.58 Å². The number of alkyl halides is 3. The van der Waals surface area contributed by atoms with E-state index in [-0.39, 0.29) is 23.4 Å². The predicted octanol–water partition coefficient (Wildman–Crippen LogP) is 5.97. The average Bonchev–Trinajstić information content (AvgIpc) is 3.10. The number of carbonyl (C=O) groups is 1. The highest BCUT2D eigenvalue weighted by Gasteiger charge is 2.34. The van der Waals surface area contributed by atoms with Gasteiger partial charge in [-0.3, -0.25) is 4.79 Å². The van der Waals surface area contributed by atoms with Gasteiger partial charge < -0.3 is 14.2 Å². The maximum atomic E-state index is 13.7. The van der Waals surface area contributed by atoms with Gasteiger partial charge in [0.25, 0.3) is 5.91 Å². The van der Waals surface area contributed by atoms with Gasteiger partial charge in [-0.05, 0) is 43.7 Å². The molecule has 4 nitrogen and oxygen atoms in total. The molecule has 1 heterocycles. The lowest BCUT2D eigenvalue weighted by Crippen LogP contribution is -2.30. The Hall–Kier alpha value is -3.29. The van der Waals surface area contributed by atoms with Crippen molar-refractivity contribution in [3.63, 3.8) is 0 Å². The number of ether oxygens (including phenoxy) is 1. The highest BCUT2D eigenvalue weighted by molar-refractivity contribution is 5.99. The SMILES string of the molecule is C=C/C(CN(C)C(=O)c1c(-c2ccc(F)c(C(F)(F)F)c2)ccn1C)=C(\C=C(C)C)OC. The van der Waals surface area contributed by atoms with Crippen LogP contribution in [0.3, 0.4) is 0 Å². The molecule has 32 heavy (non-hydrogen) atoms. The van der Waals surface area contributed by atoms with Crippen molar-refractivity contribution in [3.8, 4) is 11.1 Å². The minimum Gasteiger partial charge on any atom is -0.496 e. The van der Waals surface area contributed by atoms with Crippen molar-refractivity contribution >= 4 is 5.91 Å². The first-order chi connectivity index (χ1) is 14.9. The molecule has 0 N–H and O–H groups in total. The van der Waals surface area contributed by atoms with Gasteiger partial charge in [-0.25, -0.2) is 4.39 Å². The molecule has 0 saturated heterocycles. The molecular weight excluding hydrogens is 424 g/mol. The molecule has 0 aliphatic rings. The lowest BCUT2D eigenvalue weighted by atomic mass is 10.0. The molecular formula is C24H26F4N2O2. The van der Waals surface area contributed by atoms with E-state index in [0.29, 0.717) is 17.4 Å². The first-order valence-corrected chi connectivity index (χ1v) is 9.73. The molecule has 1 aromatic carbocycles. The zero-order valence-electron chi connectivity index (χ0n) is 18.7. The fraction of sp³-hybridized carbons (Fsp3) is 0.292. The summed E-state index contributed by atoms with van der Waals surface area (Å²) in [6, 6.07) is 4.23. The Balaban J connectivity index is 2.48. The highest BCUT2D eigenvalue weighted by atomic mass is 19.4. The van der Waals surface area contributed by atoms with Crippen molar-refractivity contribution in [2.45, 2.75) is 20.0 Å². The first-order valence-electron chi connectivity index (χ1n) is 9.73. The Morgan fingerprint density at radius 1 is 1.25 bits per heavy atom. The summed E-state index contributed by atoms with van der Waals surface area (Å²) in [6.07, 6.45) is 0.131. The fourth-order valence-corrected chi connectivity index (χ4v) is 3.23. The molecule has 0 saturated carbocycles. The molecule has 2 aromatic rings. The normalized spacial score (nSPS) is 12.2. The number of carbonyl (C=O) groups excluding carboxylic acids is 1. The Labute approximate surface area is 185 Å². The second-order valence-electron chi connectivity index (χ2n) is 7.56. The van der Waals surface area contributed by atoms with Gasteiger partial charge >= 0.3 is 6.18 Å². The van der Waals surface area contributed by atoms with Crippen LogP contribution in [0.1, 0.15) is 29.9 Å². The molecule has 1 amide bonds. The van der Waals surface area contributed by atoms with E-state index >= 15 is 0 Å². The summed E-state index contributed by atoms with van der Waals surface area (Å²) in [5.41, 5.74) is 0.830. The number of methoxy groups -OCH3 is 1. The Kier molecular flexibility index (Phi) is 7.72. The third-order valence-corrected chi connectivity index (χ3v) is 4.81. The molecule has 0 radical (unpaired) electrons. The summed E-state index contributed by atoms with van der Waals surface area (Å²) in [5, 5.41) is 0. The van der Waals surface area contributed by atoms with Gasteiger partial charge in [0.1, 0.15) is 17.3 Å². The van der Waals surface area contributed by atoms with Crippen molar-refractivity contribution in [3.05, 3.63) is 83.2 Å². The van der Waals surface area contributed by atoms with Crippen LogP contribution in [-0.2, 0) is 18.0 Å². The van der Waals surface area contributed by atoms with Crippen molar-refractivity contribution in [2.24, 2.45) is 7.05 Å². The molecule has 0 aliphatic heterocycles. The van der Waals surface area contributed by atoms with Crippen molar-refractivity contribution in [1.82, 2.24) is 9.47 Å². The standard InChI is InChI=1S/C24H26F4N2O2/c1-7-16(21(32-6)12-15(2)3)14-30(5)23(31)22-18(10-11-29(22)4)17-8-9-20(25)19(13-17)24(26,27)28/h7-13H,1,14H2,2-6H3/b21-16-. The van der Waals surface area contributed by atoms with Gasteiger partial charge in [-0.15, -0.1) is 0 Å². The number of hydrogen-bond acceptors (Lipinski definition) is 2. The molecule has 0 bridgehead atoms. The smallest absolute Gasteiger partial charge is 0.419 e. The molecule has 172 valence electrons. The molecule has 0 aliphatic carbocycles. The second-order valence-corrected chi connectivity index (χ2v) is 7.56. The summed E-state index contributed by atoms with van der Waals surface area (Å²) in [6.45, 7) is 7.76. The molecule has 8 heteroatoms. The summed E-state index contributed by atoms with van der Waals surface area (Å²) in [7, 11) is 4.71. The van der Waals surface area contributed by atoms with Gasteiger partial charge in [-0.1, -0.05) is 24.3 Å². The quantitative estimate of drug-likeness (QED) is 0.296. The highest BCUT2D eigenvalue weighted by Crippen LogP contribution is 2.35. The number of benzene rings is 1. The largest absolute Gasteiger partial charge is 0.496 e. The minimum atomic E-state index is -4.85. The van der Waals surface area contributed by atoms with E-state index in [1.807, 2.05) is 19.9 Å². The van der Waals surface area contributed by atoms with Crippen LogP contribution >= 0.6 is 0 Å². The third kappa shape index (κ3) is 5.49. The average molecular weight is 450 g/mol. The lowest BCUT2D eigenvalue weighted by molar-refractivity contribution is -0.139. The van der Waals surface area contributed by atoms with E-state index < -0.39 is 23.5 Å². The zero-order chi connectivity index (χ0) is 24.2. The molecule has 0 fully saturated rings. The van der Waals surface area contributed by atoms with E-state index in [1.54, 1.807) is 26.4 Å². The number of likely N-dealkylation sites (N-methyl/N-ethyl adjacent to an activating group) is 1. The van der Waals surface area contributed by atoms with Gasteiger partial charge in [0.15, 0.2) is 0 Å². The van der Waals surface area contributed by atoms with Crippen LogP contribution in [-0.4, -0.2) is 36.1 Å². The Bertz CT molecular complexity index is 1070. The number of allylic oxidation sites excluding steroid dienone is 2. The number of nitrogens with zero attached hydrogens (tertiary/aromatic N) is 2. The number of amides is 1. The van der Waals surface area contributed by atoms with Crippen LogP contribution < -0.4 is 0 Å². The van der Waals surface area contributed by atoms with E-state index in [1.165, 1.54) is 28.7 Å². The van der Waals surface area contributed by atoms with Crippen LogP contribution in [0.4, 0.5) is 17.6 Å². The van der Waals surface area contributed by atoms with Crippen molar-refractivity contribution in [2.75, 3.05) is 20.7 Å². The van der Waals surface area contributed by atoms with Gasteiger partial charge in [0.05, 0.1) is 12.7 Å². The predicted molar refractivity (Wildman–Crippen MR) is 116 cm³/mol. The van der Waals surface area contributed by atoms with E-state index in [4.69, 9.17) is 4.74 Å². The maximum absolute atomic E-state index is 13.7. The van der Waals surface area contributed by atoms with Crippen LogP contribution in [0.2, 0.25) is 0 Å². The zero-order valence-corrected chi connectivity index (χ0v) is 18.7. The fourth-order valence-electron chi connectivity index (χ4n) is 3.23. The van der Waals surface area contributed by atoms with Crippen LogP contribution in [0.15, 0.2) is 66.1 Å². The topological polar surface area (TPSA) is 34.5 Å². The van der Waals surface area contributed by atoms with Crippen LogP contribution in [0.5, 0.6) is 0 Å². The third-order valence-electron chi connectivity index (χ3n) is 4.81. The van der Waals surface area contributed by atoms with E-state index in [9.17, 15) is 22.4 Å². The van der Waals surface area contributed by atoms with Crippen LogP contribution in [0, 0.1) is 5.82 Å². The maximum Gasteiger partial charge on any atom is 0.419 e. The number of aromatic nitrogens is 1. The molecule has 1 aromatic heterocycles. The monoisotopic (exact) mass is 450 g/mol. The second kappa shape index (κ2) is 9.89. The van der Waals surface area contributed by atoms with Gasteiger partial charge in [0.2, 0.25) is 0 Å². The molecule has 0 spiro atoms. The number of halogens is 4. The number of rotatable bonds is 7. The summed E-state index contributed by atoms with van der Waals surface area (Å²) in [5.74, 6) is -1.23. The van der Waals surface area contributed by atoms with E-state index in [0.717, 1.165) is 11.6 Å². The summed E-state index contributed by atoms with van der Waals surface area (Å²) >= 11 is 0. The summed E-state index contributed by atoms with van der Waals surface area (Å²) < 4.78 is 60.2. The van der Waals surface area contributed by atoms with Gasteiger partial charge in [0, 0.05) is 38.0 Å². The lowest BCUT2D eigenvalue weighted by Gasteiger charge is -2.21. The Morgan fingerprint density at radius 2 is 1.91 bits per heavy atom. The minimum absolute atomic E-state index is 0.0951. The molecule has 2 rings (SSSR count). The molecule has 0 atom stereocenters. The number of hydrogen-bond donors (Lipinski definition) is 0. The molecule has 0 unspecified atom stereocenters. The van der Waals surface area contributed by atoms with Crippen molar-refractivity contribution in [1.29, 1.82) is 0 Å².